The van der Waals surface area contributed by atoms with Crippen LogP contribution in [0.4, 0.5) is 4.39 Å². The zero-order valence-corrected chi connectivity index (χ0v) is 10.9. The van der Waals surface area contributed by atoms with Crippen LogP contribution in [0.3, 0.4) is 0 Å². The van der Waals surface area contributed by atoms with Crippen molar-refractivity contribution in [2.24, 2.45) is 0 Å². The first-order chi connectivity index (χ1) is 8.61. The zero-order valence-electron chi connectivity index (χ0n) is 10.9. The Labute approximate surface area is 107 Å². The van der Waals surface area contributed by atoms with Crippen molar-refractivity contribution in [1.29, 1.82) is 0 Å². The summed E-state index contributed by atoms with van der Waals surface area (Å²) in [6.07, 6.45) is 3.67. The number of hydrogen-bond acceptors (Lipinski definition) is 2. The number of pyridine rings is 1. The number of halogens is 1. The molecule has 1 heterocycles. The predicted octanol–water partition coefficient (Wildman–Crippen LogP) is 3.15. The Kier molecular flexibility index (Phi) is 3.72. The van der Waals surface area contributed by atoms with Crippen LogP contribution < -0.4 is 5.32 Å². The fourth-order valence-electron chi connectivity index (χ4n) is 2.11. The molecule has 2 aromatic rings. The van der Waals surface area contributed by atoms with Crippen LogP contribution in [0.2, 0.25) is 0 Å². The van der Waals surface area contributed by atoms with Gasteiger partial charge in [0.25, 0.3) is 0 Å². The third-order valence-electron chi connectivity index (χ3n) is 3.03. The molecule has 1 N–H and O–H groups in total. The van der Waals surface area contributed by atoms with Crippen molar-refractivity contribution in [2.75, 3.05) is 7.05 Å². The van der Waals surface area contributed by atoms with Crippen LogP contribution in [0.1, 0.15) is 28.3 Å². The van der Waals surface area contributed by atoms with E-state index in [0.717, 1.165) is 16.7 Å². The minimum Gasteiger partial charge on any atom is -0.309 e. The molecule has 2 rings (SSSR count). The van der Waals surface area contributed by atoms with Gasteiger partial charge in [-0.2, -0.15) is 0 Å². The first-order valence-electron chi connectivity index (χ1n) is 5.96. The average molecular weight is 244 g/mol. The topological polar surface area (TPSA) is 24.9 Å². The molecular formula is C15H17FN2. The highest BCUT2D eigenvalue weighted by Gasteiger charge is 2.13. The third-order valence-corrected chi connectivity index (χ3v) is 3.03. The van der Waals surface area contributed by atoms with E-state index in [0.29, 0.717) is 5.56 Å². The average Bonchev–Trinajstić information content (AvgIpc) is 2.35. The van der Waals surface area contributed by atoms with Crippen LogP contribution in [0.25, 0.3) is 0 Å². The number of nitrogens with one attached hydrogen (secondary N) is 1. The molecule has 0 radical (unpaired) electrons. The van der Waals surface area contributed by atoms with Crippen LogP contribution >= 0.6 is 0 Å². The fraction of sp³-hybridized carbons (Fsp3) is 0.267. The summed E-state index contributed by atoms with van der Waals surface area (Å²) >= 11 is 0. The van der Waals surface area contributed by atoms with Crippen molar-refractivity contribution in [1.82, 2.24) is 10.3 Å². The molecule has 0 spiro atoms. The Morgan fingerprint density at radius 3 is 2.50 bits per heavy atom. The lowest BCUT2D eigenvalue weighted by molar-refractivity contribution is 0.614. The molecular weight excluding hydrogens is 227 g/mol. The molecule has 0 aliphatic rings. The number of aromatic nitrogens is 1. The van der Waals surface area contributed by atoms with Gasteiger partial charge in [-0.05, 0) is 49.2 Å². The highest BCUT2D eigenvalue weighted by molar-refractivity contribution is 5.34. The first-order valence-corrected chi connectivity index (χ1v) is 5.96. The minimum atomic E-state index is -0.170. The van der Waals surface area contributed by atoms with Gasteiger partial charge in [-0.1, -0.05) is 18.2 Å². The first kappa shape index (κ1) is 12.7. The van der Waals surface area contributed by atoms with E-state index in [9.17, 15) is 4.39 Å². The highest BCUT2D eigenvalue weighted by atomic mass is 19.1. The van der Waals surface area contributed by atoms with Gasteiger partial charge in [0.2, 0.25) is 0 Å². The number of rotatable bonds is 3. The van der Waals surface area contributed by atoms with E-state index in [-0.39, 0.29) is 11.9 Å². The Morgan fingerprint density at radius 2 is 1.89 bits per heavy atom. The van der Waals surface area contributed by atoms with Crippen molar-refractivity contribution in [3.8, 4) is 0 Å². The van der Waals surface area contributed by atoms with Crippen LogP contribution in [-0.4, -0.2) is 12.0 Å². The summed E-state index contributed by atoms with van der Waals surface area (Å²) < 4.78 is 13.3. The lowest BCUT2D eigenvalue weighted by atomic mass is 9.98. The third kappa shape index (κ3) is 2.57. The summed E-state index contributed by atoms with van der Waals surface area (Å²) in [5.41, 5.74) is 3.91. The maximum atomic E-state index is 13.3. The summed E-state index contributed by atoms with van der Waals surface area (Å²) in [6, 6.07) is 7.33. The Hall–Kier alpha value is -1.74. The number of hydrogen-bond donors (Lipinski definition) is 1. The molecule has 0 aliphatic heterocycles. The lowest BCUT2D eigenvalue weighted by Gasteiger charge is -2.18. The van der Waals surface area contributed by atoms with Gasteiger partial charge in [0, 0.05) is 12.4 Å². The van der Waals surface area contributed by atoms with Gasteiger partial charge in [-0.15, -0.1) is 0 Å². The normalized spacial score (nSPS) is 12.4. The summed E-state index contributed by atoms with van der Waals surface area (Å²) in [6.45, 7) is 3.79. The van der Waals surface area contributed by atoms with Crippen LogP contribution in [0.15, 0.2) is 36.7 Å². The molecule has 0 aliphatic carbocycles. The number of benzene rings is 1. The second-order valence-corrected chi connectivity index (χ2v) is 4.53. The smallest absolute Gasteiger partial charge is 0.126 e. The highest BCUT2D eigenvalue weighted by Crippen LogP contribution is 2.23. The van der Waals surface area contributed by atoms with Crippen molar-refractivity contribution in [2.45, 2.75) is 19.9 Å². The lowest BCUT2D eigenvalue weighted by Crippen LogP contribution is -2.18. The summed E-state index contributed by atoms with van der Waals surface area (Å²) in [5, 5.41) is 3.25. The van der Waals surface area contributed by atoms with Crippen LogP contribution in [-0.2, 0) is 0 Å². The molecule has 1 atom stereocenters. The van der Waals surface area contributed by atoms with Gasteiger partial charge < -0.3 is 5.32 Å². The molecule has 3 heteroatoms. The van der Waals surface area contributed by atoms with E-state index in [1.807, 2.05) is 38.5 Å². The molecule has 1 aromatic carbocycles. The van der Waals surface area contributed by atoms with Crippen molar-refractivity contribution in [3.05, 3.63) is 64.7 Å². The second-order valence-electron chi connectivity index (χ2n) is 4.53. The van der Waals surface area contributed by atoms with Crippen LogP contribution in [0, 0.1) is 19.7 Å². The molecule has 0 bridgehead atoms. The van der Waals surface area contributed by atoms with E-state index >= 15 is 0 Å². The molecule has 0 saturated heterocycles. The SMILES string of the molecule is CNC(c1cncc(C)c1)c1ccc(F)c(C)c1. The maximum absolute atomic E-state index is 13.3. The van der Waals surface area contributed by atoms with E-state index in [4.69, 9.17) is 0 Å². The predicted molar refractivity (Wildman–Crippen MR) is 71.0 cm³/mol. The molecule has 94 valence electrons. The maximum Gasteiger partial charge on any atom is 0.126 e. The van der Waals surface area contributed by atoms with Crippen molar-refractivity contribution in [3.63, 3.8) is 0 Å². The van der Waals surface area contributed by atoms with Gasteiger partial charge in [0.05, 0.1) is 6.04 Å². The van der Waals surface area contributed by atoms with Crippen molar-refractivity contribution < 1.29 is 4.39 Å². The van der Waals surface area contributed by atoms with E-state index in [1.165, 1.54) is 6.07 Å². The van der Waals surface area contributed by atoms with Gasteiger partial charge in [0.15, 0.2) is 0 Å². The van der Waals surface area contributed by atoms with Crippen LogP contribution in [0.5, 0.6) is 0 Å². The molecule has 0 amide bonds. The molecule has 2 nitrogen and oxygen atoms in total. The van der Waals surface area contributed by atoms with Gasteiger partial charge in [-0.3, -0.25) is 4.98 Å². The fourth-order valence-corrected chi connectivity index (χ4v) is 2.11. The van der Waals surface area contributed by atoms with Crippen molar-refractivity contribution >= 4 is 0 Å². The van der Waals surface area contributed by atoms with E-state index in [1.54, 1.807) is 6.92 Å². The molecule has 0 fully saturated rings. The van der Waals surface area contributed by atoms with Gasteiger partial charge in [0.1, 0.15) is 5.82 Å². The standard InChI is InChI=1S/C15H17FN2/c1-10-6-13(9-18-8-10)15(17-3)12-4-5-14(16)11(2)7-12/h4-9,15,17H,1-3H3. The largest absolute Gasteiger partial charge is 0.309 e. The molecule has 18 heavy (non-hydrogen) atoms. The minimum absolute atomic E-state index is 0.0386. The molecule has 0 saturated carbocycles. The molecule has 1 aromatic heterocycles. The van der Waals surface area contributed by atoms with E-state index in [2.05, 4.69) is 16.4 Å². The Morgan fingerprint density at radius 1 is 1.11 bits per heavy atom. The Bertz CT molecular complexity index is 552. The quantitative estimate of drug-likeness (QED) is 0.897. The summed E-state index contributed by atoms with van der Waals surface area (Å²) in [5.74, 6) is -0.170. The second kappa shape index (κ2) is 5.27. The van der Waals surface area contributed by atoms with E-state index < -0.39 is 0 Å². The van der Waals surface area contributed by atoms with Gasteiger partial charge in [-0.25, -0.2) is 4.39 Å². The summed E-state index contributed by atoms with van der Waals surface area (Å²) in [4.78, 5) is 4.20. The number of nitrogens with zero attached hydrogens (tertiary/aromatic N) is 1. The Balaban J connectivity index is 2.42. The monoisotopic (exact) mass is 244 g/mol. The molecule has 1 unspecified atom stereocenters. The van der Waals surface area contributed by atoms with Gasteiger partial charge >= 0.3 is 0 Å². The number of aryl methyl sites for hydroxylation is 2. The zero-order chi connectivity index (χ0) is 13.1. The summed E-state index contributed by atoms with van der Waals surface area (Å²) in [7, 11) is 1.89.